The number of carbonyl (C=O) groups excluding carboxylic acids is 1. The van der Waals surface area contributed by atoms with Crippen LogP contribution >= 0.6 is 15.9 Å². The summed E-state index contributed by atoms with van der Waals surface area (Å²) in [7, 11) is 1.60. The Kier molecular flexibility index (Phi) is 7.75. The molecule has 0 aliphatic carbocycles. The number of amides is 1. The number of benzene rings is 1. The molecule has 1 amide bonds. The molecule has 0 heterocycles. The molecule has 0 aliphatic heterocycles. The molecule has 0 aromatic heterocycles. The summed E-state index contributed by atoms with van der Waals surface area (Å²) in [5.41, 5.74) is 6.37. The van der Waals surface area contributed by atoms with Gasteiger partial charge in [-0.3, -0.25) is 4.79 Å². The Morgan fingerprint density at radius 1 is 1.33 bits per heavy atom. The Labute approximate surface area is 135 Å². The van der Waals surface area contributed by atoms with E-state index in [1.54, 1.807) is 7.11 Å². The van der Waals surface area contributed by atoms with E-state index in [9.17, 15) is 4.79 Å². The van der Waals surface area contributed by atoms with Crippen LogP contribution in [-0.4, -0.2) is 19.6 Å². The molecule has 21 heavy (non-hydrogen) atoms. The van der Waals surface area contributed by atoms with Gasteiger partial charge in [0.15, 0.2) is 0 Å². The monoisotopic (exact) mass is 356 g/mol. The van der Waals surface area contributed by atoms with Crippen molar-refractivity contribution < 1.29 is 9.53 Å². The molecule has 118 valence electrons. The lowest BCUT2D eigenvalue weighted by Gasteiger charge is -2.19. The van der Waals surface area contributed by atoms with Gasteiger partial charge in [-0.1, -0.05) is 29.8 Å². The molecule has 0 spiro atoms. The normalized spacial score (nSPS) is 12.3. The fourth-order valence-electron chi connectivity index (χ4n) is 2.32. The highest BCUT2D eigenvalue weighted by atomic mass is 79.9. The molecule has 0 radical (unpaired) electrons. The minimum absolute atomic E-state index is 0.0258. The van der Waals surface area contributed by atoms with Gasteiger partial charge in [-0.15, -0.1) is 0 Å². The van der Waals surface area contributed by atoms with Gasteiger partial charge in [0.1, 0.15) is 5.75 Å². The van der Waals surface area contributed by atoms with Gasteiger partial charge >= 0.3 is 0 Å². The highest BCUT2D eigenvalue weighted by Gasteiger charge is 2.14. The van der Waals surface area contributed by atoms with Crippen molar-refractivity contribution >= 4 is 27.5 Å². The van der Waals surface area contributed by atoms with Crippen LogP contribution in [0.5, 0.6) is 5.75 Å². The van der Waals surface area contributed by atoms with Gasteiger partial charge in [0.05, 0.1) is 7.11 Å². The summed E-state index contributed by atoms with van der Waals surface area (Å²) < 4.78 is 6.06. The molecule has 0 bridgehead atoms. The smallest absolute Gasteiger partial charge is 0.224 e. The zero-order chi connectivity index (χ0) is 15.8. The lowest BCUT2D eigenvalue weighted by Crippen LogP contribution is -2.18. The van der Waals surface area contributed by atoms with Gasteiger partial charge in [-0.05, 0) is 43.4 Å². The number of anilines is 1. The highest BCUT2D eigenvalue weighted by molar-refractivity contribution is 9.10. The van der Waals surface area contributed by atoms with Crippen LogP contribution in [0.2, 0.25) is 0 Å². The molecule has 4 nitrogen and oxygen atoms in total. The fraction of sp³-hybridized carbons (Fsp3) is 0.562. The molecule has 5 heteroatoms. The highest BCUT2D eigenvalue weighted by Crippen LogP contribution is 2.25. The summed E-state index contributed by atoms with van der Waals surface area (Å²) in [6, 6.07) is 5.52. The molecule has 0 saturated carbocycles. The van der Waals surface area contributed by atoms with Crippen LogP contribution in [0.4, 0.5) is 5.69 Å². The van der Waals surface area contributed by atoms with Crippen LogP contribution in [-0.2, 0) is 4.79 Å². The summed E-state index contributed by atoms with van der Waals surface area (Å²) >= 11 is 3.40. The second kappa shape index (κ2) is 9.05. The minimum Gasteiger partial charge on any atom is -0.497 e. The summed E-state index contributed by atoms with van der Waals surface area (Å²) in [5.74, 6) is 1.78. The quantitative estimate of drug-likeness (QED) is 0.744. The molecule has 0 fully saturated rings. The van der Waals surface area contributed by atoms with E-state index in [1.807, 2.05) is 18.2 Å². The van der Waals surface area contributed by atoms with Crippen LogP contribution in [0.15, 0.2) is 22.7 Å². The molecule has 0 aliphatic rings. The van der Waals surface area contributed by atoms with Crippen molar-refractivity contribution in [2.45, 2.75) is 33.1 Å². The third-order valence-corrected chi connectivity index (χ3v) is 4.07. The number of nitrogens with one attached hydrogen (secondary N) is 1. The molecular weight excluding hydrogens is 332 g/mol. The van der Waals surface area contributed by atoms with Gasteiger partial charge in [0.2, 0.25) is 5.91 Å². The molecule has 1 atom stereocenters. The van der Waals surface area contributed by atoms with Crippen molar-refractivity contribution in [1.82, 2.24) is 0 Å². The number of nitrogens with two attached hydrogens (primary N) is 1. The summed E-state index contributed by atoms with van der Waals surface area (Å²) in [5, 5.41) is 2.91. The number of carbonyl (C=O) groups is 1. The first-order valence-corrected chi connectivity index (χ1v) is 8.10. The van der Waals surface area contributed by atoms with E-state index < -0.39 is 0 Å². The van der Waals surface area contributed by atoms with Crippen LogP contribution < -0.4 is 15.8 Å². The Morgan fingerprint density at radius 2 is 2.05 bits per heavy atom. The Hall–Kier alpha value is -1.07. The number of methoxy groups -OCH3 is 1. The second-order valence-corrected chi connectivity index (χ2v) is 6.46. The molecule has 3 N–H and O–H groups in total. The van der Waals surface area contributed by atoms with Crippen molar-refractivity contribution in [3.05, 3.63) is 22.7 Å². The number of halogens is 1. The number of ether oxygens (including phenoxy) is 1. The third-order valence-electron chi connectivity index (χ3n) is 3.61. The molecular formula is C16H25BrN2O2. The van der Waals surface area contributed by atoms with Gasteiger partial charge in [-0.2, -0.15) is 0 Å². The summed E-state index contributed by atoms with van der Waals surface area (Å²) in [4.78, 5) is 12.1. The van der Waals surface area contributed by atoms with Gasteiger partial charge in [0.25, 0.3) is 0 Å². The number of hydrogen-bond acceptors (Lipinski definition) is 3. The van der Waals surface area contributed by atoms with E-state index in [1.165, 1.54) is 0 Å². The zero-order valence-corrected chi connectivity index (χ0v) is 14.6. The molecule has 1 unspecified atom stereocenters. The minimum atomic E-state index is 0.0258. The average Bonchev–Trinajstić information content (AvgIpc) is 2.42. The van der Waals surface area contributed by atoms with Crippen LogP contribution in [0.3, 0.4) is 0 Å². The third kappa shape index (κ3) is 6.48. The fourth-order valence-corrected chi connectivity index (χ4v) is 2.79. The SMILES string of the molecule is COc1cc(Br)cc(NC(=O)CCC(CCN)C(C)C)c1. The summed E-state index contributed by atoms with van der Waals surface area (Å²) in [6.07, 6.45) is 2.35. The first-order chi connectivity index (χ1) is 9.96. The van der Waals surface area contributed by atoms with E-state index in [0.29, 0.717) is 30.6 Å². The molecule has 1 aromatic rings. The number of hydrogen-bond donors (Lipinski definition) is 2. The van der Waals surface area contributed by atoms with Crippen molar-refractivity contribution in [2.24, 2.45) is 17.6 Å². The van der Waals surface area contributed by atoms with Gasteiger partial charge in [-0.25, -0.2) is 0 Å². The Morgan fingerprint density at radius 3 is 2.62 bits per heavy atom. The van der Waals surface area contributed by atoms with E-state index in [4.69, 9.17) is 10.5 Å². The predicted octanol–water partition coefficient (Wildman–Crippen LogP) is 3.80. The second-order valence-electron chi connectivity index (χ2n) is 5.55. The van der Waals surface area contributed by atoms with Gasteiger partial charge in [0, 0.05) is 22.6 Å². The van der Waals surface area contributed by atoms with Crippen molar-refractivity contribution in [2.75, 3.05) is 19.0 Å². The van der Waals surface area contributed by atoms with Gasteiger partial charge < -0.3 is 15.8 Å². The van der Waals surface area contributed by atoms with E-state index in [-0.39, 0.29) is 5.91 Å². The first kappa shape index (κ1) is 18.0. The van der Waals surface area contributed by atoms with E-state index >= 15 is 0 Å². The predicted molar refractivity (Wildman–Crippen MR) is 90.6 cm³/mol. The number of rotatable bonds is 8. The average molecular weight is 357 g/mol. The van der Waals surface area contributed by atoms with Crippen LogP contribution in [0.25, 0.3) is 0 Å². The maximum Gasteiger partial charge on any atom is 0.224 e. The lowest BCUT2D eigenvalue weighted by molar-refractivity contribution is -0.116. The van der Waals surface area contributed by atoms with Crippen molar-refractivity contribution in [3.63, 3.8) is 0 Å². The maximum absolute atomic E-state index is 12.1. The molecule has 1 rings (SSSR count). The maximum atomic E-state index is 12.1. The topological polar surface area (TPSA) is 64.3 Å². The van der Waals surface area contributed by atoms with Crippen LogP contribution in [0.1, 0.15) is 33.1 Å². The van der Waals surface area contributed by atoms with Crippen molar-refractivity contribution in [1.29, 1.82) is 0 Å². The van der Waals surface area contributed by atoms with Crippen molar-refractivity contribution in [3.8, 4) is 5.75 Å². The van der Waals surface area contributed by atoms with Crippen LogP contribution in [0, 0.1) is 11.8 Å². The zero-order valence-electron chi connectivity index (χ0n) is 13.0. The Bertz CT molecular complexity index is 464. The first-order valence-electron chi connectivity index (χ1n) is 7.30. The molecule has 1 aromatic carbocycles. The lowest BCUT2D eigenvalue weighted by atomic mass is 9.88. The Balaban J connectivity index is 2.55. The summed E-state index contributed by atoms with van der Waals surface area (Å²) in [6.45, 7) is 5.03. The molecule has 0 saturated heterocycles. The van der Waals surface area contributed by atoms with E-state index in [2.05, 4.69) is 35.1 Å². The van der Waals surface area contributed by atoms with E-state index in [0.717, 1.165) is 23.0 Å². The largest absolute Gasteiger partial charge is 0.497 e. The standard InChI is InChI=1S/C16H25BrN2O2/c1-11(2)12(6-7-18)4-5-16(20)19-14-8-13(17)9-15(10-14)21-3/h8-12H,4-7,18H2,1-3H3,(H,19,20).